The maximum Gasteiger partial charge on any atom is 0.346 e. The molecule has 0 unspecified atom stereocenters. The van der Waals surface area contributed by atoms with E-state index < -0.39 is 17.6 Å². The first kappa shape index (κ1) is 14.0. The van der Waals surface area contributed by atoms with Crippen molar-refractivity contribution in [2.45, 2.75) is 0 Å². The number of fused-ring (bicyclic) bond motifs is 1. The third kappa shape index (κ3) is 2.28. The third-order valence-corrected chi connectivity index (χ3v) is 4.43. The molecule has 0 aliphatic rings. The van der Waals surface area contributed by atoms with Gasteiger partial charge in [0.25, 0.3) is 0 Å². The lowest BCUT2D eigenvalue weighted by Gasteiger charge is -2.05. The van der Waals surface area contributed by atoms with Crippen molar-refractivity contribution in [1.29, 1.82) is 0 Å². The Bertz CT molecular complexity index is 853. The number of carbonyl (C=O) groups is 1. The number of hydrogen-bond acceptors (Lipinski definition) is 2. The van der Waals surface area contributed by atoms with Gasteiger partial charge in [0.2, 0.25) is 0 Å². The van der Waals surface area contributed by atoms with Crippen molar-refractivity contribution in [3.63, 3.8) is 0 Å². The molecule has 0 saturated heterocycles. The number of benzene rings is 2. The molecular formula is C15H7ClF2O2S. The molecule has 0 atom stereocenters. The van der Waals surface area contributed by atoms with Crippen molar-refractivity contribution < 1.29 is 18.7 Å². The summed E-state index contributed by atoms with van der Waals surface area (Å²) in [5, 5.41) is 10.2. The van der Waals surface area contributed by atoms with E-state index in [1.54, 1.807) is 18.2 Å². The van der Waals surface area contributed by atoms with Crippen LogP contribution >= 0.6 is 22.9 Å². The molecule has 0 fully saturated rings. The molecule has 1 aromatic heterocycles. The number of carboxylic acids is 1. The van der Waals surface area contributed by atoms with E-state index in [-0.39, 0.29) is 16.0 Å². The smallest absolute Gasteiger partial charge is 0.346 e. The summed E-state index contributed by atoms with van der Waals surface area (Å²) in [6.07, 6.45) is 0. The van der Waals surface area contributed by atoms with Gasteiger partial charge in [-0.05, 0) is 24.3 Å². The molecule has 3 rings (SSSR count). The molecule has 0 spiro atoms. The maximum atomic E-state index is 14.0. The van der Waals surface area contributed by atoms with E-state index in [0.29, 0.717) is 15.1 Å². The van der Waals surface area contributed by atoms with Gasteiger partial charge in [0.1, 0.15) is 16.5 Å². The monoisotopic (exact) mass is 324 g/mol. The van der Waals surface area contributed by atoms with Gasteiger partial charge in [-0.3, -0.25) is 0 Å². The molecule has 106 valence electrons. The van der Waals surface area contributed by atoms with Crippen LogP contribution in [0, 0.1) is 11.6 Å². The van der Waals surface area contributed by atoms with E-state index in [0.717, 1.165) is 23.5 Å². The molecule has 6 heteroatoms. The summed E-state index contributed by atoms with van der Waals surface area (Å²) < 4.78 is 28.6. The molecule has 0 amide bonds. The number of thiophene rings is 1. The fourth-order valence-electron chi connectivity index (χ4n) is 2.21. The first-order chi connectivity index (χ1) is 9.99. The predicted octanol–water partition coefficient (Wildman–Crippen LogP) is 5.20. The number of halogens is 3. The van der Waals surface area contributed by atoms with Crippen LogP contribution < -0.4 is 0 Å². The molecule has 0 bridgehead atoms. The summed E-state index contributed by atoms with van der Waals surface area (Å²) >= 11 is 6.82. The molecule has 21 heavy (non-hydrogen) atoms. The van der Waals surface area contributed by atoms with Crippen molar-refractivity contribution >= 4 is 39.0 Å². The van der Waals surface area contributed by atoms with Crippen LogP contribution in [0.25, 0.3) is 21.2 Å². The van der Waals surface area contributed by atoms with Crippen LogP contribution in [0.2, 0.25) is 5.02 Å². The van der Waals surface area contributed by atoms with Gasteiger partial charge in [-0.2, -0.15) is 0 Å². The summed E-state index contributed by atoms with van der Waals surface area (Å²) in [5.41, 5.74) is -0.279. The van der Waals surface area contributed by atoms with Crippen LogP contribution in [0.3, 0.4) is 0 Å². The van der Waals surface area contributed by atoms with Gasteiger partial charge in [0.15, 0.2) is 0 Å². The zero-order valence-corrected chi connectivity index (χ0v) is 11.9. The summed E-state index contributed by atoms with van der Waals surface area (Å²) in [5.74, 6) is -2.83. The number of hydrogen-bond donors (Lipinski definition) is 1. The highest BCUT2D eigenvalue weighted by molar-refractivity contribution is 7.21. The Morgan fingerprint density at radius 2 is 1.76 bits per heavy atom. The van der Waals surface area contributed by atoms with E-state index >= 15 is 0 Å². The van der Waals surface area contributed by atoms with Gasteiger partial charge in [-0.15, -0.1) is 11.3 Å². The summed E-state index contributed by atoms with van der Waals surface area (Å²) in [7, 11) is 0. The normalized spacial score (nSPS) is 11.0. The third-order valence-electron chi connectivity index (χ3n) is 3.06. The number of aromatic carboxylic acids is 1. The Kier molecular flexibility index (Phi) is 3.39. The quantitative estimate of drug-likeness (QED) is 0.703. The Hall–Kier alpha value is -1.98. The second kappa shape index (κ2) is 5.09. The fourth-order valence-corrected chi connectivity index (χ4v) is 3.53. The van der Waals surface area contributed by atoms with E-state index in [4.69, 9.17) is 11.6 Å². The molecule has 0 aliphatic heterocycles. The van der Waals surface area contributed by atoms with E-state index in [1.807, 2.05) is 0 Å². The Balaban J connectivity index is 2.45. The van der Waals surface area contributed by atoms with Crippen molar-refractivity contribution in [3.8, 4) is 11.1 Å². The van der Waals surface area contributed by atoms with E-state index in [2.05, 4.69) is 0 Å². The fraction of sp³-hybridized carbons (Fsp3) is 0. The van der Waals surface area contributed by atoms with Crippen molar-refractivity contribution in [2.24, 2.45) is 0 Å². The van der Waals surface area contributed by atoms with Crippen molar-refractivity contribution in [3.05, 3.63) is 57.9 Å². The molecule has 2 nitrogen and oxygen atoms in total. The minimum absolute atomic E-state index is 0.0507. The van der Waals surface area contributed by atoms with Crippen molar-refractivity contribution in [1.82, 2.24) is 0 Å². The molecule has 0 saturated carbocycles. The molecule has 0 aliphatic carbocycles. The van der Waals surface area contributed by atoms with Gasteiger partial charge in [0, 0.05) is 20.7 Å². The first-order valence-electron chi connectivity index (χ1n) is 5.88. The number of carboxylic acid groups (broad SMARTS) is 1. The van der Waals surface area contributed by atoms with Gasteiger partial charge >= 0.3 is 5.97 Å². The largest absolute Gasteiger partial charge is 0.477 e. The lowest BCUT2D eigenvalue weighted by Crippen LogP contribution is -1.98. The summed E-state index contributed by atoms with van der Waals surface area (Å²) in [4.78, 5) is 11.3. The molecule has 3 aromatic rings. The zero-order valence-electron chi connectivity index (χ0n) is 10.4. The van der Waals surface area contributed by atoms with Gasteiger partial charge in [-0.1, -0.05) is 23.7 Å². The van der Waals surface area contributed by atoms with Gasteiger partial charge in [-0.25, -0.2) is 13.6 Å². The highest BCUT2D eigenvalue weighted by Crippen LogP contribution is 2.41. The van der Waals surface area contributed by atoms with Crippen LogP contribution in [0.1, 0.15) is 9.67 Å². The highest BCUT2D eigenvalue weighted by atomic mass is 35.5. The average molecular weight is 325 g/mol. The molecule has 1 N–H and O–H groups in total. The second-order valence-corrected chi connectivity index (χ2v) is 5.84. The highest BCUT2D eigenvalue weighted by Gasteiger charge is 2.24. The van der Waals surface area contributed by atoms with Crippen LogP contribution in [0.5, 0.6) is 0 Å². The molecular weight excluding hydrogens is 318 g/mol. The predicted molar refractivity (Wildman–Crippen MR) is 79.1 cm³/mol. The molecule has 1 heterocycles. The minimum Gasteiger partial charge on any atom is -0.477 e. The summed E-state index contributed by atoms with van der Waals surface area (Å²) in [6, 6.07) is 8.15. The zero-order chi connectivity index (χ0) is 15.1. The SMILES string of the molecule is O=C(O)c1sc2cc(Cl)ccc2c1-c1c(F)cccc1F. The lowest BCUT2D eigenvalue weighted by atomic mass is 10.0. The van der Waals surface area contributed by atoms with Gasteiger partial charge < -0.3 is 5.11 Å². The molecule has 2 aromatic carbocycles. The Labute approximate surface area is 127 Å². The number of rotatable bonds is 2. The van der Waals surface area contributed by atoms with Crippen LogP contribution in [0.4, 0.5) is 8.78 Å². The van der Waals surface area contributed by atoms with Crippen molar-refractivity contribution in [2.75, 3.05) is 0 Å². The lowest BCUT2D eigenvalue weighted by molar-refractivity contribution is 0.0703. The first-order valence-corrected chi connectivity index (χ1v) is 7.08. The van der Waals surface area contributed by atoms with E-state index in [1.165, 1.54) is 6.07 Å². The topological polar surface area (TPSA) is 37.3 Å². The van der Waals surface area contributed by atoms with Crippen LogP contribution in [-0.2, 0) is 0 Å². The van der Waals surface area contributed by atoms with Gasteiger partial charge in [0.05, 0.1) is 5.56 Å². The van der Waals surface area contributed by atoms with E-state index in [9.17, 15) is 18.7 Å². The average Bonchev–Trinajstić information content (AvgIpc) is 2.77. The standard InChI is InChI=1S/C15H7ClF2O2S/c16-7-4-5-8-11(6-7)21-14(15(19)20)12(8)13-9(17)2-1-3-10(13)18/h1-6H,(H,19,20). The maximum absolute atomic E-state index is 14.0. The molecule has 0 radical (unpaired) electrons. The second-order valence-electron chi connectivity index (χ2n) is 4.35. The van der Waals surface area contributed by atoms with Crippen LogP contribution in [-0.4, -0.2) is 11.1 Å². The van der Waals surface area contributed by atoms with Crippen LogP contribution in [0.15, 0.2) is 36.4 Å². The Morgan fingerprint density at radius 1 is 1.10 bits per heavy atom. The Morgan fingerprint density at radius 3 is 2.38 bits per heavy atom. The minimum atomic E-state index is -1.23. The summed E-state index contributed by atoms with van der Waals surface area (Å²) in [6.45, 7) is 0.